The molecule has 1 aromatic carbocycles. The van der Waals surface area contributed by atoms with Crippen LogP contribution in [-0.2, 0) is 4.79 Å². The summed E-state index contributed by atoms with van der Waals surface area (Å²) in [6.07, 6.45) is 0.479. The summed E-state index contributed by atoms with van der Waals surface area (Å²) in [7, 11) is 1.65. The van der Waals surface area contributed by atoms with Crippen LogP contribution in [0, 0.1) is 0 Å². The van der Waals surface area contributed by atoms with Crippen LogP contribution >= 0.6 is 0 Å². The van der Waals surface area contributed by atoms with Crippen LogP contribution in [0.25, 0.3) is 0 Å². The number of para-hydroxylation sites is 1. The summed E-state index contributed by atoms with van der Waals surface area (Å²) in [4.78, 5) is 11.8. The first kappa shape index (κ1) is 15.5. The van der Waals surface area contributed by atoms with E-state index < -0.39 is 0 Å². The van der Waals surface area contributed by atoms with Crippen molar-refractivity contribution in [2.45, 2.75) is 26.2 Å². The second-order valence-electron chi connectivity index (χ2n) is 4.55. The third-order valence-electron chi connectivity index (χ3n) is 3.04. The molecule has 0 bridgehead atoms. The van der Waals surface area contributed by atoms with Gasteiger partial charge in [-0.1, -0.05) is 32.0 Å². The van der Waals surface area contributed by atoms with Crippen molar-refractivity contribution in [3.63, 3.8) is 0 Å². The summed E-state index contributed by atoms with van der Waals surface area (Å²) in [5.74, 6) is 1.07. The molecule has 106 valence electrons. The highest BCUT2D eigenvalue weighted by Crippen LogP contribution is 2.28. The topological polar surface area (TPSA) is 50.4 Å². The van der Waals surface area contributed by atoms with Crippen molar-refractivity contribution >= 4 is 5.91 Å². The summed E-state index contributed by atoms with van der Waals surface area (Å²) in [6, 6.07) is 7.84. The van der Waals surface area contributed by atoms with Crippen LogP contribution < -0.4 is 15.4 Å². The highest BCUT2D eigenvalue weighted by atomic mass is 16.5. The van der Waals surface area contributed by atoms with E-state index in [9.17, 15) is 4.79 Å². The maximum Gasteiger partial charge on any atom is 0.220 e. The molecule has 0 fully saturated rings. The van der Waals surface area contributed by atoms with Crippen LogP contribution in [0.2, 0.25) is 0 Å². The second-order valence-corrected chi connectivity index (χ2v) is 4.55. The molecule has 0 aliphatic carbocycles. The van der Waals surface area contributed by atoms with Crippen LogP contribution in [-0.4, -0.2) is 32.7 Å². The zero-order chi connectivity index (χ0) is 14.1. The number of carbonyl (C=O) groups excluding carboxylic acids is 1. The number of likely N-dealkylation sites (N-methyl/N-ethyl adjacent to an activating group) is 1. The highest BCUT2D eigenvalue weighted by Gasteiger charge is 2.14. The first-order valence-electron chi connectivity index (χ1n) is 6.79. The SMILES string of the molecule is CCNCCNC(=O)CC(C)c1ccccc1OC. The Morgan fingerprint density at radius 3 is 2.74 bits per heavy atom. The van der Waals surface area contributed by atoms with Gasteiger partial charge in [-0.15, -0.1) is 0 Å². The van der Waals surface area contributed by atoms with Gasteiger partial charge in [0.2, 0.25) is 5.91 Å². The van der Waals surface area contributed by atoms with Gasteiger partial charge >= 0.3 is 0 Å². The Kier molecular flexibility index (Phi) is 6.97. The van der Waals surface area contributed by atoms with E-state index in [0.717, 1.165) is 24.4 Å². The average Bonchev–Trinajstić information content (AvgIpc) is 2.43. The summed E-state index contributed by atoms with van der Waals surface area (Å²) in [5.41, 5.74) is 1.08. The summed E-state index contributed by atoms with van der Waals surface area (Å²) in [5, 5.41) is 6.09. The largest absolute Gasteiger partial charge is 0.496 e. The fourth-order valence-corrected chi connectivity index (χ4v) is 2.00. The van der Waals surface area contributed by atoms with Gasteiger partial charge in [0.05, 0.1) is 7.11 Å². The van der Waals surface area contributed by atoms with E-state index in [1.165, 1.54) is 0 Å². The zero-order valence-electron chi connectivity index (χ0n) is 12.0. The third-order valence-corrected chi connectivity index (χ3v) is 3.04. The lowest BCUT2D eigenvalue weighted by molar-refractivity contribution is -0.121. The minimum absolute atomic E-state index is 0.0799. The maximum absolute atomic E-state index is 11.8. The molecule has 1 amide bonds. The molecule has 19 heavy (non-hydrogen) atoms. The Morgan fingerprint density at radius 1 is 1.32 bits per heavy atom. The normalized spacial score (nSPS) is 11.9. The van der Waals surface area contributed by atoms with Crippen LogP contribution in [0.4, 0.5) is 0 Å². The van der Waals surface area contributed by atoms with Crippen LogP contribution in [0.1, 0.15) is 31.7 Å². The number of ether oxygens (including phenoxy) is 1. The van der Waals surface area contributed by atoms with Crippen molar-refractivity contribution < 1.29 is 9.53 Å². The lowest BCUT2D eigenvalue weighted by atomic mass is 9.96. The van der Waals surface area contributed by atoms with Crippen molar-refractivity contribution in [2.75, 3.05) is 26.7 Å². The number of amides is 1. The molecule has 1 atom stereocenters. The van der Waals surface area contributed by atoms with Gasteiger partial charge in [0.25, 0.3) is 0 Å². The standard InChI is InChI=1S/C15H24N2O2/c1-4-16-9-10-17-15(18)11-12(2)13-7-5-6-8-14(13)19-3/h5-8,12,16H,4,9-11H2,1-3H3,(H,17,18). The average molecular weight is 264 g/mol. The van der Waals surface area contributed by atoms with E-state index in [4.69, 9.17) is 4.74 Å². The zero-order valence-corrected chi connectivity index (χ0v) is 12.0. The molecule has 4 nitrogen and oxygen atoms in total. The molecule has 1 unspecified atom stereocenters. The van der Waals surface area contributed by atoms with Gasteiger partial charge < -0.3 is 15.4 Å². The van der Waals surface area contributed by atoms with Gasteiger partial charge in [-0.25, -0.2) is 0 Å². The molecule has 2 N–H and O–H groups in total. The van der Waals surface area contributed by atoms with Crippen LogP contribution in [0.15, 0.2) is 24.3 Å². The summed E-state index contributed by atoms with van der Waals surface area (Å²) >= 11 is 0. The number of benzene rings is 1. The molecule has 0 aliphatic heterocycles. The number of rotatable bonds is 8. The molecule has 0 heterocycles. The highest BCUT2D eigenvalue weighted by molar-refractivity contribution is 5.76. The maximum atomic E-state index is 11.8. The van der Waals surface area contributed by atoms with E-state index in [-0.39, 0.29) is 11.8 Å². The molecule has 1 rings (SSSR count). The van der Waals surface area contributed by atoms with Crippen LogP contribution in [0.5, 0.6) is 5.75 Å². The van der Waals surface area contributed by atoms with E-state index >= 15 is 0 Å². The second kappa shape index (κ2) is 8.53. The van der Waals surface area contributed by atoms with Crippen molar-refractivity contribution in [3.05, 3.63) is 29.8 Å². The Bertz CT molecular complexity index is 393. The summed E-state index contributed by atoms with van der Waals surface area (Å²) in [6.45, 7) is 6.50. The number of carbonyl (C=O) groups is 1. The molecule has 0 radical (unpaired) electrons. The molecule has 0 aliphatic rings. The number of methoxy groups -OCH3 is 1. The van der Waals surface area contributed by atoms with Crippen molar-refractivity contribution in [1.29, 1.82) is 0 Å². The molecule has 0 saturated carbocycles. The van der Waals surface area contributed by atoms with Gasteiger partial charge in [0.15, 0.2) is 0 Å². The molecule has 0 spiro atoms. The minimum atomic E-state index is 0.0799. The first-order chi connectivity index (χ1) is 9.19. The van der Waals surface area contributed by atoms with E-state index in [1.807, 2.05) is 38.1 Å². The monoisotopic (exact) mass is 264 g/mol. The Morgan fingerprint density at radius 2 is 2.05 bits per heavy atom. The molecule has 1 aromatic rings. The minimum Gasteiger partial charge on any atom is -0.496 e. The van der Waals surface area contributed by atoms with Crippen molar-refractivity contribution in [3.8, 4) is 5.75 Å². The van der Waals surface area contributed by atoms with E-state index in [0.29, 0.717) is 13.0 Å². The van der Waals surface area contributed by atoms with Gasteiger partial charge in [0, 0.05) is 19.5 Å². The lowest BCUT2D eigenvalue weighted by Gasteiger charge is -2.15. The van der Waals surface area contributed by atoms with Crippen molar-refractivity contribution in [1.82, 2.24) is 10.6 Å². The van der Waals surface area contributed by atoms with Crippen LogP contribution in [0.3, 0.4) is 0 Å². The predicted octanol–water partition coefficient (Wildman–Crippen LogP) is 1.91. The Hall–Kier alpha value is -1.55. The predicted molar refractivity (Wildman–Crippen MR) is 77.6 cm³/mol. The molecular weight excluding hydrogens is 240 g/mol. The molecular formula is C15H24N2O2. The first-order valence-corrected chi connectivity index (χ1v) is 6.79. The van der Waals surface area contributed by atoms with Gasteiger partial charge in [-0.3, -0.25) is 4.79 Å². The quantitative estimate of drug-likeness (QED) is 0.705. The number of hydrogen-bond acceptors (Lipinski definition) is 3. The van der Waals surface area contributed by atoms with Gasteiger partial charge in [-0.2, -0.15) is 0 Å². The smallest absolute Gasteiger partial charge is 0.220 e. The summed E-state index contributed by atoms with van der Waals surface area (Å²) < 4.78 is 5.32. The molecule has 4 heteroatoms. The lowest BCUT2D eigenvalue weighted by Crippen LogP contribution is -2.32. The third kappa shape index (κ3) is 5.30. The van der Waals surface area contributed by atoms with Gasteiger partial charge in [0.1, 0.15) is 5.75 Å². The fraction of sp³-hybridized carbons (Fsp3) is 0.533. The van der Waals surface area contributed by atoms with E-state index in [2.05, 4.69) is 10.6 Å². The number of nitrogens with one attached hydrogen (secondary N) is 2. The Balaban J connectivity index is 2.45. The van der Waals surface area contributed by atoms with Gasteiger partial charge in [-0.05, 0) is 24.1 Å². The van der Waals surface area contributed by atoms with E-state index in [1.54, 1.807) is 7.11 Å². The molecule has 0 saturated heterocycles. The van der Waals surface area contributed by atoms with Crippen molar-refractivity contribution in [2.24, 2.45) is 0 Å². The Labute approximate surface area is 115 Å². The number of hydrogen-bond donors (Lipinski definition) is 2. The fourth-order valence-electron chi connectivity index (χ4n) is 2.00. The molecule has 0 aromatic heterocycles.